The number of aromatic amines is 2. The van der Waals surface area contributed by atoms with Gasteiger partial charge in [-0.3, -0.25) is 9.89 Å². The summed E-state index contributed by atoms with van der Waals surface area (Å²) in [5, 5.41) is 9.18. The highest BCUT2D eigenvalue weighted by Gasteiger charge is 2.10. The summed E-state index contributed by atoms with van der Waals surface area (Å²) in [5.41, 5.74) is 2.18. The van der Waals surface area contributed by atoms with E-state index in [-0.39, 0.29) is 0 Å². The molecular formula is C6H5N3O. The molecule has 2 aliphatic rings. The molecule has 2 rings (SSSR count). The van der Waals surface area contributed by atoms with Crippen LogP contribution in [0.5, 0.6) is 0 Å². The van der Waals surface area contributed by atoms with Gasteiger partial charge in [0.15, 0.2) is 6.29 Å². The molecule has 1 heterocycles. The summed E-state index contributed by atoms with van der Waals surface area (Å²) in [6.07, 6.45) is 0.789. The number of hydrogen-bond acceptors (Lipinski definition) is 2. The van der Waals surface area contributed by atoms with Crippen molar-refractivity contribution in [2.24, 2.45) is 0 Å². The Bertz CT molecular complexity index is 322. The molecule has 0 saturated carbocycles. The zero-order chi connectivity index (χ0) is 6.97. The van der Waals surface area contributed by atoms with Crippen LogP contribution in [0.2, 0.25) is 0 Å². The van der Waals surface area contributed by atoms with Crippen LogP contribution < -0.4 is 0 Å². The quantitative estimate of drug-likeness (QED) is 0.564. The molecule has 4 nitrogen and oxygen atoms in total. The van der Waals surface area contributed by atoms with Gasteiger partial charge in [0, 0.05) is 5.56 Å². The average molecular weight is 135 g/mol. The predicted octanol–water partition coefficient (Wildman–Crippen LogP) is 0.655. The van der Waals surface area contributed by atoms with Crippen molar-refractivity contribution in [2.75, 3.05) is 0 Å². The number of hydrogen-bond donors (Lipinski definition) is 2. The van der Waals surface area contributed by atoms with Crippen molar-refractivity contribution >= 4 is 6.29 Å². The Balaban J connectivity index is 2.71. The number of rotatable bonds is 1. The molecule has 0 spiro atoms. The molecule has 0 aromatic rings. The molecule has 1 aliphatic heterocycles. The number of carbonyl (C=O) groups excluding carboxylic acids is 1. The third-order valence-corrected chi connectivity index (χ3v) is 1.44. The van der Waals surface area contributed by atoms with E-state index in [4.69, 9.17) is 0 Å². The zero-order valence-corrected chi connectivity index (χ0v) is 5.09. The largest absolute Gasteiger partial charge is 0.298 e. The average Bonchev–Trinajstić information content (AvgIpc) is 2.44. The van der Waals surface area contributed by atoms with Gasteiger partial charge in [-0.15, -0.1) is 0 Å². The van der Waals surface area contributed by atoms with E-state index in [1.165, 1.54) is 0 Å². The topological polar surface area (TPSA) is 61.5 Å². The van der Waals surface area contributed by atoms with Gasteiger partial charge in [0.05, 0.1) is 5.69 Å². The molecule has 0 saturated heterocycles. The summed E-state index contributed by atoms with van der Waals surface area (Å²) in [4.78, 5) is 10.3. The Morgan fingerprint density at radius 1 is 1.50 bits per heavy atom. The van der Waals surface area contributed by atoms with E-state index < -0.39 is 0 Å². The molecule has 1 aliphatic carbocycles. The number of nitrogens with one attached hydrogen (secondary N) is 2. The van der Waals surface area contributed by atoms with Gasteiger partial charge in [0.1, 0.15) is 5.69 Å². The summed E-state index contributed by atoms with van der Waals surface area (Å²) in [6, 6.07) is 3.54. The maximum atomic E-state index is 10.3. The van der Waals surface area contributed by atoms with Crippen LogP contribution in [0.4, 0.5) is 0 Å². The monoisotopic (exact) mass is 135 g/mol. The number of aldehydes is 1. The summed E-state index contributed by atoms with van der Waals surface area (Å²) < 4.78 is 0. The van der Waals surface area contributed by atoms with E-state index in [9.17, 15) is 4.79 Å². The normalized spacial score (nSPS) is 10.4. The van der Waals surface area contributed by atoms with Crippen LogP contribution in [-0.2, 0) is 0 Å². The minimum Gasteiger partial charge on any atom is -0.298 e. The van der Waals surface area contributed by atoms with E-state index >= 15 is 0 Å². The van der Waals surface area contributed by atoms with Gasteiger partial charge >= 0.3 is 0 Å². The highest BCUT2D eigenvalue weighted by molar-refractivity contribution is 5.86. The lowest BCUT2D eigenvalue weighted by molar-refractivity contribution is 0.112. The Morgan fingerprint density at radius 3 is 3.20 bits per heavy atom. The second kappa shape index (κ2) is 1.70. The first-order valence-electron chi connectivity index (χ1n) is 2.88. The van der Waals surface area contributed by atoms with Crippen molar-refractivity contribution in [2.45, 2.75) is 0 Å². The number of aromatic nitrogens is 3. The van der Waals surface area contributed by atoms with Crippen LogP contribution in [0.15, 0.2) is 12.1 Å². The van der Waals surface area contributed by atoms with E-state index in [1.54, 1.807) is 6.07 Å². The summed E-state index contributed by atoms with van der Waals surface area (Å²) >= 11 is 0. The van der Waals surface area contributed by atoms with Gasteiger partial charge in [-0.25, -0.2) is 5.21 Å². The maximum Gasteiger partial charge on any atom is 0.152 e. The summed E-state index contributed by atoms with van der Waals surface area (Å²) in [5.74, 6) is 0. The van der Waals surface area contributed by atoms with Gasteiger partial charge in [0.25, 0.3) is 0 Å². The molecule has 0 amide bonds. The van der Waals surface area contributed by atoms with Gasteiger partial charge in [-0.1, -0.05) is 0 Å². The molecule has 0 atom stereocenters. The molecule has 0 fully saturated rings. The van der Waals surface area contributed by atoms with Crippen LogP contribution in [0, 0.1) is 0 Å². The second-order valence-electron chi connectivity index (χ2n) is 2.02. The first-order chi connectivity index (χ1) is 4.92. The standard InChI is InChI=1S/C6H5N3O/c10-3-4-1-2-5-6(4)8-9-7-5/h1-3,7,9H. The molecule has 2 N–H and O–H groups in total. The second-order valence-corrected chi connectivity index (χ2v) is 2.02. The lowest BCUT2D eigenvalue weighted by atomic mass is 10.3. The smallest absolute Gasteiger partial charge is 0.152 e. The Hall–Kier alpha value is -1.58. The minimum absolute atomic E-state index is 0.618. The number of H-pyrrole nitrogens is 2. The number of fused-ring (bicyclic) bond motifs is 1. The van der Waals surface area contributed by atoms with Crippen LogP contribution in [0.1, 0.15) is 10.4 Å². The Kier molecular flexibility index (Phi) is 0.887. The molecule has 10 heavy (non-hydrogen) atoms. The first kappa shape index (κ1) is 5.22. The van der Waals surface area contributed by atoms with Crippen LogP contribution in [0.25, 0.3) is 11.4 Å². The first-order valence-corrected chi connectivity index (χ1v) is 2.88. The summed E-state index contributed by atoms with van der Waals surface area (Å²) in [7, 11) is 0. The highest BCUT2D eigenvalue weighted by atomic mass is 16.1. The zero-order valence-electron chi connectivity index (χ0n) is 5.09. The molecule has 0 bridgehead atoms. The molecule has 0 aromatic carbocycles. The van der Waals surface area contributed by atoms with Gasteiger partial charge in [0.2, 0.25) is 0 Å². The highest BCUT2D eigenvalue weighted by Crippen LogP contribution is 2.20. The number of carbonyl (C=O) groups is 1. The fourth-order valence-electron chi connectivity index (χ4n) is 0.951. The SMILES string of the molecule is O=Cc1ccc2[nH][nH]nc1-2. The fraction of sp³-hybridized carbons (Fsp3) is 0. The maximum absolute atomic E-state index is 10.3. The summed E-state index contributed by atoms with van der Waals surface area (Å²) in [6.45, 7) is 0. The van der Waals surface area contributed by atoms with E-state index in [2.05, 4.69) is 15.4 Å². The molecule has 0 radical (unpaired) electrons. The van der Waals surface area contributed by atoms with Crippen molar-refractivity contribution in [3.05, 3.63) is 17.7 Å². The van der Waals surface area contributed by atoms with Crippen LogP contribution in [0.3, 0.4) is 0 Å². The van der Waals surface area contributed by atoms with E-state index in [0.717, 1.165) is 12.0 Å². The van der Waals surface area contributed by atoms with Crippen molar-refractivity contribution in [3.8, 4) is 11.4 Å². The Morgan fingerprint density at radius 2 is 2.40 bits per heavy atom. The van der Waals surface area contributed by atoms with Crippen LogP contribution >= 0.6 is 0 Å². The van der Waals surface area contributed by atoms with Crippen molar-refractivity contribution < 1.29 is 4.79 Å². The molecule has 0 aromatic heterocycles. The Labute approximate surface area is 56.6 Å². The third kappa shape index (κ3) is 0.500. The van der Waals surface area contributed by atoms with Gasteiger partial charge < -0.3 is 0 Å². The predicted molar refractivity (Wildman–Crippen MR) is 34.9 cm³/mol. The molecule has 0 unspecified atom stereocenters. The molecule has 50 valence electrons. The van der Waals surface area contributed by atoms with E-state index in [1.807, 2.05) is 6.07 Å². The minimum atomic E-state index is 0.618. The molecule has 4 heteroatoms. The van der Waals surface area contributed by atoms with Crippen molar-refractivity contribution in [1.82, 2.24) is 15.4 Å². The van der Waals surface area contributed by atoms with Crippen molar-refractivity contribution in [1.29, 1.82) is 0 Å². The van der Waals surface area contributed by atoms with Crippen molar-refractivity contribution in [3.63, 3.8) is 0 Å². The number of nitrogens with zero attached hydrogens (tertiary/aromatic N) is 1. The lowest BCUT2D eigenvalue weighted by Gasteiger charge is -1.81. The van der Waals surface area contributed by atoms with E-state index in [0.29, 0.717) is 11.3 Å². The lowest BCUT2D eigenvalue weighted by Crippen LogP contribution is -1.77. The van der Waals surface area contributed by atoms with Gasteiger partial charge in [-0.2, -0.15) is 5.10 Å². The van der Waals surface area contributed by atoms with Crippen LogP contribution in [-0.4, -0.2) is 21.7 Å². The molecular weight excluding hydrogens is 130 g/mol. The fourth-order valence-corrected chi connectivity index (χ4v) is 0.951. The third-order valence-electron chi connectivity index (χ3n) is 1.44. The van der Waals surface area contributed by atoms with Gasteiger partial charge in [-0.05, 0) is 12.1 Å².